The van der Waals surface area contributed by atoms with E-state index in [1.165, 1.54) is 15.9 Å². The van der Waals surface area contributed by atoms with Gasteiger partial charge in [-0.05, 0) is 55.7 Å². The highest BCUT2D eigenvalue weighted by molar-refractivity contribution is 7.95. The highest BCUT2D eigenvalue weighted by atomic mass is 127. The second kappa shape index (κ2) is 12.1. The molecule has 152 valence electrons. The van der Waals surface area contributed by atoms with Gasteiger partial charge in [0.05, 0.1) is 6.16 Å². The van der Waals surface area contributed by atoms with Crippen LogP contribution in [0.1, 0.15) is 32.1 Å². The van der Waals surface area contributed by atoms with Crippen molar-refractivity contribution in [2.75, 3.05) is 6.16 Å². The Morgan fingerprint density at radius 1 is 0.621 bits per heavy atom. The van der Waals surface area contributed by atoms with Crippen molar-refractivity contribution < 1.29 is 33.9 Å². The Morgan fingerprint density at radius 2 is 1.00 bits per heavy atom. The second-order valence-corrected chi connectivity index (χ2v) is 10.7. The zero-order valence-electron chi connectivity index (χ0n) is 16.6. The first-order valence-corrected chi connectivity index (χ1v) is 12.0. The standard InChI is InChI=1S/C25H27O2P.HI/c26-25(27)20-12-1-2-13-21-28(22-14-6-3-7-15-22,23-16-8-4-9-17-23)24-18-10-5-11-19-24;/h3-11,14-19H,1-2,12-13,20-21H2;1H. The van der Waals surface area contributed by atoms with E-state index in [2.05, 4.69) is 91.0 Å². The fourth-order valence-electron chi connectivity index (χ4n) is 3.86. The Hall–Kier alpha value is -1.71. The third kappa shape index (κ3) is 6.13. The van der Waals surface area contributed by atoms with E-state index >= 15 is 0 Å². The van der Waals surface area contributed by atoms with Gasteiger partial charge in [0, 0.05) is 6.42 Å². The van der Waals surface area contributed by atoms with Crippen LogP contribution < -0.4 is 39.9 Å². The third-order valence-electron chi connectivity index (χ3n) is 5.23. The molecule has 2 nitrogen and oxygen atoms in total. The zero-order valence-corrected chi connectivity index (χ0v) is 19.6. The number of carbonyl (C=O) groups is 1. The maximum Gasteiger partial charge on any atom is 0.303 e. The smallest absolute Gasteiger partial charge is 0.303 e. The number of benzene rings is 3. The summed E-state index contributed by atoms with van der Waals surface area (Å²) >= 11 is 0. The molecule has 3 rings (SSSR count). The summed E-state index contributed by atoms with van der Waals surface area (Å²) in [6.07, 6.45) is 5.30. The fourth-order valence-corrected chi connectivity index (χ4v) is 8.27. The van der Waals surface area contributed by atoms with Crippen LogP contribution in [-0.2, 0) is 4.79 Å². The molecule has 0 radical (unpaired) electrons. The summed E-state index contributed by atoms with van der Waals surface area (Å²) in [6.45, 7) is 0. The SMILES string of the molecule is O=C(O)CCCCCC[P+](c1ccccc1)(c1ccccc1)c1ccccc1.[I-]. The van der Waals surface area contributed by atoms with Crippen LogP contribution in [0.2, 0.25) is 0 Å². The van der Waals surface area contributed by atoms with E-state index in [0.717, 1.165) is 31.8 Å². The van der Waals surface area contributed by atoms with Crippen molar-refractivity contribution in [2.45, 2.75) is 32.1 Å². The van der Waals surface area contributed by atoms with Crippen LogP contribution in [0.3, 0.4) is 0 Å². The predicted molar refractivity (Wildman–Crippen MR) is 121 cm³/mol. The average Bonchev–Trinajstić information content (AvgIpc) is 2.75. The summed E-state index contributed by atoms with van der Waals surface area (Å²) in [4.78, 5) is 10.8. The van der Waals surface area contributed by atoms with E-state index in [1.807, 2.05) is 0 Å². The van der Waals surface area contributed by atoms with E-state index in [0.29, 0.717) is 0 Å². The van der Waals surface area contributed by atoms with Crippen LogP contribution in [0.25, 0.3) is 0 Å². The lowest BCUT2D eigenvalue weighted by Crippen LogP contribution is -3.00. The van der Waals surface area contributed by atoms with Crippen molar-refractivity contribution in [3.8, 4) is 0 Å². The topological polar surface area (TPSA) is 37.3 Å². The number of hydrogen-bond acceptors (Lipinski definition) is 1. The van der Waals surface area contributed by atoms with Crippen LogP contribution in [-0.4, -0.2) is 17.2 Å². The highest BCUT2D eigenvalue weighted by Crippen LogP contribution is 2.55. The minimum absolute atomic E-state index is 0. The van der Waals surface area contributed by atoms with E-state index < -0.39 is 13.2 Å². The van der Waals surface area contributed by atoms with Gasteiger partial charge >= 0.3 is 5.97 Å². The molecule has 3 aromatic carbocycles. The summed E-state index contributed by atoms with van der Waals surface area (Å²) < 4.78 is 0. The fraction of sp³-hybridized carbons (Fsp3) is 0.240. The molecule has 0 heterocycles. The first kappa shape index (κ1) is 23.6. The number of halogens is 1. The van der Waals surface area contributed by atoms with Crippen molar-refractivity contribution in [3.63, 3.8) is 0 Å². The Kier molecular flexibility index (Phi) is 9.83. The van der Waals surface area contributed by atoms with Gasteiger partial charge in [0.15, 0.2) is 0 Å². The Morgan fingerprint density at radius 3 is 1.38 bits per heavy atom. The van der Waals surface area contributed by atoms with Crippen molar-refractivity contribution in [3.05, 3.63) is 91.0 Å². The first-order chi connectivity index (χ1) is 13.7. The van der Waals surface area contributed by atoms with Gasteiger partial charge in [-0.2, -0.15) is 0 Å². The molecule has 0 aliphatic carbocycles. The summed E-state index contributed by atoms with van der Waals surface area (Å²) in [5.74, 6) is -0.695. The molecule has 0 fully saturated rings. The molecule has 0 saturated carbocycles. The molecule has 29 heavy (non-hydrogen) atoms. The van der Waals surface area contributed by atoms with Crippen molar-refractivity contribution in [2.24, 2.45) is 0 Å². The molecule has 0 spiro atoms. The van der Waals surface area contributed by atoms with Crippen LogP contribution >= 0.6 is 7.26 Å². The van der Waals surface area contributed by atoms with Crippen LogP contribution in [0.4, 0.5) is 0 Å². The molecule has 0 unspecified atom stereocenters. The Labute approximate surface area is 191 Å². The second-order valence-electron chi connectivity index (χ2n) is 7.10. The lowest BCUT2D eigenvalue weighted by Gasteiger charge is -2.27. The number of unbranched alkanes of at least 4 members (excludes halogenated alkanes) is 3. The lowest BCUT2D eigenvalue weighted by molar-refractivity contribution is -0.137. The average molecular weight is 518 g/mol. The number of rotatable bonds is 10. The largest absolute Gasteiger partial charge is 1.00 e. The molecular weight excluding hydrogens is 490 g/mol. The van der Waals surface area contributed by atoms with E-state index in [-0.39, 0.29) is 30.4 Å². The first-order valence-electron chi connectivity index (χ1n) is 10.0. The summed E-state index contributed by atoms with van der Waals surface area (Å²) in [6, 6.07) is 32.8. The maximum atomic E-state index is 10.8. The van der Waals surface area contributed by atoms with Gasteiger partial charge < -0.3 is 29.1 Å². The third-order valence-corrected chi connectivity index (χ3v) is 9.75. The number of carboxylic acids is 1. The van der Waals surface area contributed by atoms with E-state index in [4.69, 9.17) is 5.11 Å². The van der Waals surface area contributed by atoms with Crippen molar-refractivity contribution in [1.29, 1.82) is 0 Å². The molecule has 0 saturated heterocycles. The highest BCUT2D eigenvalue weighted by Gasteiger charge is 2.44. The number of carboxylic acid groups (broad SMARTS) is 1. The molecule has 0 aromatic heterocycles. The predicted octanol–water partition coefficient (Wildman–Crippen LogP) is 2.02. The zero-order chi connectivity index (χ0) is 19.7. The van der Waals surface area contributed by atoms with Gasteiger partial charge in [0.2, 0.25) is 0 Å². The normalized spacial score (nSPS) is 10.9. The lowest BCUT2D eigenvalue weighted by atomic mass is 10.2. The van der Waals surface area contributed by atoms with Gasteiger partial charge in [-0.1, -0.05) is 61.0 Å². The van der Waals surface area contributed by atoms with Gasteiger partial charge in [-0.3, -0.25) is 4.79 Å². The van der Waals surface area contributed by atoms with E-state index in [9.17, 15) is 4.79 Å². The van der Waals surface area contributed by atoms with Gasteiger partial charge in [-0.15, -0.1) is 0 Å². The molecule has 0 bridgehead atoms. The molecule has 1 N–H and O–H groups in total. The van der Waals surface area contributed by atoms with Crippen LogP contribution in [0.5, 0.6) is 0 Å². The van der Waals surface area contributed by atoms with E-state index in [1.54, 1.807) is 0 Å². The molecule has 3 aromatic rings. The molecule has 0 aliphatic heterocycles. The Balaban J connectivity index is 0.00000300. The number of hydrogen-bond donors (Lipinski definition) is 1. The van der Waals surface area contributed by atoms with Crippen molar-refractivity contribution in [1.82, 2.24) is 0 Å². The van der Waals surface area contributed by atoms with Crippen LogP contribution in [0.15, 0.2) is 91.0 Å². The van der Waals surface area contributed by atoms with Gasteiger partial charge in [-0.25, -0.2) is 0 Å². The number of aliphatic carboxylic acids is 1. The molecule has 0 atom stereocenters. The molecule has 0 amide bonds. The summed E-state index contributed by atoms with van der Waals surface area (Å²) in [7, 11) is -1.74. The minimum Gasteiger partial charge on any atom is -1.00 e. The quantitative estimate of drug-likeness (QED) is 0.254. The summed E-state index contributed by atoms with van der Waals surface area (Å²) in [5.41, 5.74) is 0. The van der Waals surface area contributed by atoms with Crippen LogP contribution in [0, 0.1) is 0 Å². The monoisotopic (exact) mass is 518 g/mol. The minimum atomic E-state index is -1.74. The van der Waals surface area contributed by atoms with Gasteiger partial charge in [0.1, 0.15) is 23.2 Å². The molecular formula is C25H28IO2P. The summed E-state index contributed by atoms with van der Waals surface area (Å²) in [5, 5.41) is 13.1. The van der Waals surface area contributed by atoms with Crippen molar-refractivity contribution >= 4 is 29.1 Å². The molecule has 4 heteroatoms. The molecule has 0 aliphatic rings. The Bertz CT molecular complexity index is 757. The maximum absolute atomic E-state index is 10.8. The van der Waals surface area contributed by atoms with Gasteiger partial charge in [0.25, 0.3) is 0 Å².